The molecule has 0 N–H and O–H groups in total. The van der Waals surface area contributed by atoms with E-state index < -0.39 is 0 Å². The van der Waals surface area contributed by atoms with Crippen molar-refractivity contribution in [2.45, 2.75) is 110 Å². The Labute approximate surface area is 222 Å². The second-order valence-electron chi connectivity index (χ2n) is 9.76. The van der Waals surface area contributed by atoms with E-state index in [2.05, 4.69) is 60.1 Å². The lowest BCUT2D eigenvalue weighted by molar-refractivity contribution is -0.116. The first-order chi connectivity index (χ1) is 17.0. The predicted octanol–water partition coefficient (Wildman–Crippen LogP) is 9.52. The number of rotatable bonds is 18. The second kappa shape index (κ2) is 17.6. The highest BCUT2D eigenvalue weighted by Gasteiger charge is 2.16. The van der Waals surface area contributed by atoms with Gasteiger partial charge in [0.05, 0.1) is 13.2 Å². The minimum Gasteiger partial charge on any atom is -0.493 e. The van der Waals surface area contributed by atoms with Crippen LogP contribution in [-0.2, 0) is 16.7 Å². The minimum atomic E-state index is 0.0325. The summed E-state index contributed by atoms with van der Waals surface area (Å²) >= 11 is 3.51. The normalized spacial score (nSPS) is 11.0. The Balaban J connectivity index is 1.77. The van der Waals surface area contributed by atoms with Gasteiger partial charge in [-0.3, -0.25) is 4.79 Å². The fraction of sp³-hybridized carbons (Fsp3) is 0.581. The second-order valence-corrected chi connectivity index (χ2v) is 10.3. The molecule has 2 aromatic carbocycles. The zero-order valence-electron chi connectivity index (χ0n) is 22.3. The van der Waals surface area contributed by atoms with Crippen LogP contribution >= 0.6 is 15.9 Å². The maximum atomic E-state index is 12.5. The van der Waals surface area contributed by atoms with Crippen LogP contribution in [-0.4, -0.2) is 12.5 Å². The van der Waals surface area contributed by atoms with E-state index >= 15 is 0 Å². The lowest BCUT2D eigenvalue weighted by atomic mass is 10.1. The van der Waals surface area contributed by atoms with Crippen molar-refractivity contribution in [2.75, 3.05) is 11.5 Å². The van der Waals surface area contributed by atoms with Gasteiger partial charge in [-0.15, -0.1) is 0 Å². The SMILES string of the molecule is CCCCCCCCCCCCCCOc1ccc(C)cc1CN(C(C)=O)c1cccc(CBr)c1. The van der Waals surface area contributed by atoms with Gasteiger partial charge in [0, 0.05) is 23.5 Å². The molecule has 194 valence electrons. The minimum absolute atomic E-state index is 0.0325. The molecule has 0 saturated carbocycles. The van der Waals surface area contributed by atoms with Crippen molar-refractivity contribution in [3.8, 4) is 5.75 Å². The van der Waals surface area contributed by atoms with Crippen LogP contribution in [0.5, 0.6) is 5.75 Å². The monoisotopic (exact) mass is 543 g/mol. The van der Waals surface area contributed by atoms with E-state index in [4.69, 9.17) is 4.74 Å². The predicted molar refractivity (Wildman–Crippen MR) is 154 cm³/mol. The molecule has 35 heavy (non-hydrogen) atoms. The Morgan fingerprint density at radius 3 is 2.09 bits per heavy atom. The smallest absolute Gasteiger partial charge is 0.224 e. The molecule has 2 rings (SSSR count). The Bertz CT molecular complexity index is 867. The maximum Gasteiger partial charge on any atom is 0.224 e. The van der Waals surface area contributed by atoms with Crippen molar-refractivity contribution in [3.05, 3.63) is 59.2 Å². The molecule has 0 fully saturated rings. The molecule has 0 bridgehead atoms. The van der Waals surface area contributed by atoms with Gasteiger partial charge in [-0.25, -0.2) is 0 Å². The molecule has 2 aromatic rings. The standard InChI is InChI=1S/C31H46BrNO2/c1-4-5-6-7-8-9-10-11-12-13-14-15-21-35-31-20-19-26(2)22-29(31)25-33(27(3)34)30-18-16-17-28(23-30)24-32/h16-20,22-23H,4-15,21,24-25H2,1-3H3. The molecule has 0 heterocycles. The average Bonchev–Trinajstić information content (AvgIpc) is 2.86. The number of carbonyl (C=O) groups is 1. The third-order valence-corrected chi connectivity index (χ3v) is 7.20. The summed E-state index contributed by atoms with van der Waals surface area (Å²) in [6, 6.07) is 14.4. The number of amides is 1. The van der Waals surface area contributed by atoms with Crippen LogP contribution < -0.4 is 9.64 Å². The number of hydrogen-bond donors (Lipinski definition) is 0. The third kappa shape index (κ3) is 11.6. The lowest BCUT2D eigenvalue weighted by Gasteiger charge is -2.23. The fourth-order valence-corrected chi connectivity index (χ4v) is 4.81. The van der Waals surface area contributed by atoms with Crippen LogP contribution in [0.1, 0.15) is 108 Å². The summed E-state index contributed by atoms with van der Waals surface area (Å²) in [5.41, 5.74) is 4.31. The first-order valence-corrected chi connectivity index (χ1v) is 14.8. The zero-order chi connectivity index (χ0) is 25.3. The van der Waals surface area contributed by atoms with Crippen molar-refractivity contribution in [3.63, 3.8) is 0 Å². The van der Waals surface area contributed by atoms with E-state index in [1.54, 1.807) is 6.92 Å². The molecule has 0 aliphatic carbocycles. The van der Waals surface area contributed by atoms with Crippen molar-refractivity contribution >= 4 is 27.5 Å². The van der Waals surface area contributed by atoms with Gasteiger partial charge in [0.2, 0.25) is 5.91 Å². The summed E-state index contributed by atoms with van der Waals surface area (Å²) in [6.07, 6.45) is 16.1. The third-order valence-electron chi connectivity index (χ3n) is 6.56. The molecular formula is C31H46BrNO2. The van der Waals surface area contributed by atoms with Gasteiger partial charge in [-0.1, -0.05) is 123 Å². The number of benzene rings is 2. The van der Waals surface area contributed by atoms with Crippen LogP contribution in [0.4, 0.5) is 5.69 Å². The van der Waals surface area contributed by atoms with Crippen LogP contribution in [0.2, 0.25) is 0 Å². The summed E-state index contributed by atoms with van der Waals surface area (Å²) in [6.45, 7) is 7.23. The van der Waals surface area contributed by atoms with Gasteiger partial charge in [0.1, 0.15) is 5.75 Å². The van der Waals surface area contributed by atoms with E-state index in [-0.39, 0.29) is 5.91 Å². The van der Waals surface area contributed by atoms with Gasteiger partial charge < -0.3 is 9.64 Å². The molecular weight excluding hydrogens is 498 g/mol. The first kappa shape index (κ1) is 29.4. The lowest BCUT2D eigenvalue weighted by Crippen LogP contribution is -2.28. The highest BCUT2D eigenvalue weighted by molar-refractivity contribution is 9.08. The number of halogens is 1. The summed E-state index contributed by atoms with van der Waals surface area (Å²) in [4.78, 5) is 14.3. The van der Waals surface area contributed by atoms with Crippen molar-refractivity contribution in [2.24, 2.45) is 0 Å². The number of unbranched alkanes of at least 4 members (excludes halogenated alkanes) is 11. The Morgan fingerprint density at radius 1 is 0.857 bits per heavy atom. The summed E-state index contributed by atoms with van der Waals surface area (Å²) in [7, 11) is 0. The van der Waals surface area contributed by atoms with Gasteiger partial charge in [-0.2, -0.15) is 0 Å². The summed E-state index contributed by atoms with van der Waals surface area (Å²) in [5.74, 6) is 0.923. The first-order valence-electron chi connectivity index (χ1n) is 13.7. The Kier molecular flexibility index (Phi) is 14.8. The van der Waals surface area contributed by atoms with E-state index in [0.717, 1.165) is 40.9 Å². The number of aryl methyl sites for hydroxylation is 1. The molecule has 0 atom stereocenters. The van der Waals surface area contributed by atoms with Crippen molar-refractivity contribution < 1.29 is 9.53 Å². The van der Waals surface area contributed by atoms with Crippen molar-refractivity contribution in [1.82, 2.24) is 0 Å². The summed E-state index contributed by atoms with van der Waals surface area (Å²) in [5, 5.41) is 0.768. The van der Waals surface area contributed by atoms with Crippen LogP contribution in [0.25, 0.3) is 0 Å². The maximum absolute atomic E-state index is 12.5. The molecule has 0 aliphatic rings. The molecule has 0 spiro atoms. The van der Waals surface area contributed by atoms with Crippen LogP contribution in [0.15, 0.2) is 42.5 Å². The van der Waals surface area contributed by atoms with E-state index in [0.29, 0.717) is 6.54 Å². The molecule has 3 nitrogen and oxygen atoms in total. The molecule has 0 aromatic heterocycles. The van der Waals surface area contributed by atoms with E-state index in [1.807, 2.05) is 17.0 Å². The number of ether oxygens (including phenoxy) is 1. The Hall–Kier alpha value is -1.81. The summed E-state index contributed by atoms with van der Waals surface area (Å²) < 4.78 is 6.20. The largest absolute Gasteiger partial charge is 0.493 e. The van der Waals surface area contributed by atoms with E-state index in [1.165, 1.54) is 76.2 Å². The van der Waals surface area contributed by atoms with Gasteiger partial charge >= 0.3 is 0 Å². The fourth-order valence-electron chi connectivity index (χ4n) is 4.46. The highest BCUT2D eigenvalue weighted by atomic mass is 79.9. The number of carbonyl (C=O) groups excluding carboxylic acids is 1. The number of hydrogen-bond acceptors (Lipinski definition) is 2. The highest BCUT2D eigenvalue weighted by Crippen LogP contribution is 2.26. The number of alkyl halides is 1. The van der Waals surface area contributed by atoms with Crippen LogP contribution in [0, 0.1) is 6.92 Å². The van der Waals surface area contributed by atoms with Crippen LogP contribution in [0.3, 0.4) is 0 Å². The van der Waals surface area contributed by atoms with Gasteiger partial charge in [0.25, 0.3) is 0 Å². The molecule has 4 heteroatoms. The number of anilines is 1. The van der Waals surface area contributed by atoms with Crippen molar-refractivity contribution in [1.29, 1.82) is 0 Å². The molecule has 1 amide bonds. The van der Waals surface area contributed by atoms with Gasteiger partial charge in [-0.05, 0) is 37.1 Å². The molecule has 0 radical (unpaired) electrons. The Morgan fingerprint density at radius 2 is 1.49 bits per heavy atom. The zero-order valence-corrected chi connectivity index (χ0v) is 23.9. The molecule has 0 unspecified atom stereocenters. The van der Waals surface area contributed by atoms with E-state index in [9.17, 15) is 4.79 Å². The topological polar surface area (TPSA) is 29.5 Å². The molecule has 0 saturated heterocycles. The average molecular weight is 545 g/mol. The number of nitrogens with zero attached hydrogens (tertiary/aromatic N) is 1. The quantitative estimate of drug-likeness (QED) is 0.138. The molecule has 0 aliphatic heterocycles. The van der Waals surface area contributed by atoms with Gasteiger partial charge in [0.15, 0.2) is 0 Å².